The summed E-state index contributed by atoms with van der Waals surface area (Å²) in [6.45, 7) is 18.5. The first-order valence-corrected chi connectivity index (χ1v) is 8.69. The fourth-order valence-electron chi connectivity index (χ4n) is 1.87. The van der Waals surface area contributed by atoms with Crippen molar-refractivity contribution in [3.05, 3.63) is 60.1 Å². The highest BCUT2D eigenvalue weighted by atomic mass is 16.5. The van der Waals surface area contributed by atoms with Gasteiger partial charge in [0.1, 0.15) is 34.2 Å². The maximum atomic E-state index is 9.33. The molecule has 0 aromatic heterocycles. The Morgan fingerprint density at radius 2 is 1.61 bits per heavy atom. The molecular formula is C22H32N2O4. The average Bonchev–Trinajstić information content (AvgIpc) is 2.51. The molecule has 6 heteroatoms. The molecule has 0 spiro atoms. The molecule has 0 aliphatic carbocycles. The maximum Gasteiger partial charge on any atom is 0.124 e. The van der Waals surface area contributed by atoms with E-state index in [2.05, 4.69) is 13.2 Å². The number of ether oxygens (including phenoxy) is 2. The summed E-state index contributed by atoms with van der Waals surface area (Å²) in [5.41, 5.74) is 0.152. The van der Waals surface area contributed by atoms with Crippen LogP contribution in [0.15, 0.2) is 54.5 Å². The minimum atomic E-state index is -0.336. The van der Waals surface area contributed by atoms with Crippen molar-refractivity contribution in [2.24, 2.45) is 0 Å². The number of aliphatic hydroxyl groups excluding tert-OH is 1. The van der Waals surface area contributed by atoms with E-state index in [1.807, 2.05) is 41.5 Å². The first-order chi connectivity index (χ1) is 12.7. The van der Waals surface area contributed by atoms with Crippen LogP contribution in [0.5, 0.6) is 11.5 Å². The van der Waals surface area contributed by atoms with Crippen LogP contribution >= 0.6 is 0 Å². The van der Waals surface area contributed by atoms with Gasteiger partial charge in [-0.2, -0.15) is 0 Å². The zero-order chi connectivity index (χ0) is 22.1. The second-order valence-electron chi connectivity index (χ2n) is 7.95. The molecule has 0 fully saturated rings. The Morgan fingerprint density at radius 3 is 2.00 bits per heavy atom. The Morgan fingerprint density at radius 1 is 1.04 bits per heavy atom. The summed E-state index contributed by atoms with van der Waals surface area (Å²) in [6.07, 6.45) is 3.57. The van der Waals surface area contributed by atoms with E-state index in [1.54, 1.807) is 12.1 Å². The van der Waals surface area contributed by atoms with Gasteiger partial charge in [0, 0.05) is 23.6 Å². The van der Waals surface area contributed by atoms with Gasteiger partial charge in [0.05, 0.1) is 0 Å². The highest BCUT2D eigenvalue weighted by molar-refractivity contribution is 5.82. The minimum Gasteiger partial charge on any atom is -0.508 e. The Labute approximate surface area is 167 Å². The van der Waals surface area contributed by atoms with Crippen molar-refractivity contribution < 1.29 is 19.7 Å². The Balaban J connectivity index is 0.000000521. The van der Waals surface area contributed by atoms with Crippen LogP contribution in [0.2, 0.25) is 0 Å². The van der Waals surface area contributed by atoms with Gasteiger partial charge in [0.25, 0.3) is 0 Å². The van der Waals surface area contributed by atoms with Crippen molar-refractivity contribution in [1.82, 2.24) is 0 Å². The molecule has 0 saturated heterocycles. The minimum absolute atomic E-state index is 0.0984. The predicted octanol–water partition coefficient (Wildman–Crippen LogP) is 5.53. The Bertz CT molecular complexity index is 751. The summed E-state index contributed by atoms with van der Waals surface area (Å²) in [7, 11) is 0. The summed E-state index contributed by atoms with van der Waals surface area (Å²) >= 11 is 0. The number of phenols is 1. The van der Waals surface area contributed by atoms with Crippen LogP contribution in [0.25, 0.3) is 0 Å². The van der Waals surface area contributed by atoms with Crippen molar-refractivity contribution >= 4 is 12.4 Å². The van der Waals surface area contributed by atoms with Crippen LogP contribution in [0, 0.1) is 10.8 Å². The Kier molecular flexibility index (Phi) is 9.23. The number of benzene rings is 1. The van der Waals surface area contributed by atoms with Crippen molar-refractivity contribution in [3.8, 4) is 11.5 Å². The summed E-state index contributed by atoms with van der Waals surface area (Å²) in [6, 6.07) is 4.86. The van der Waals surface area contributed by atoms with Crippen molar-refractivity contribution in [2.75, 3.05) is 0 Å². The van der Waals surface area contributed by atoms with E-state index in [-0.39, 0.29) is 22.7 Å². The lowest BCUT2D eigenvalue weighted by atomic mass is 10.1. The standard InChI is InChI=1S/C11H15NO2.C11H17NO2/c1-11(2,3)14-9-4-5-10(13)8(6-9)7-12;1-8(14-11(3,4)5)6-10(7-12)9(2)13/h4-7,12-13H,1-3H3;6-7,12-13H,1-2H2,3-5H3/b;10-6-,12-7?. The molecule has 0 heterocycles. The van der Waals surface area contributed by atoms with Gasteiger partial charge in [0.15, 0.2) is 0 Å². The van der Waals surface area contributed by atoms with Crippen molar-refractivity contribution in [2.45, 2.75) is 52.7 Å². The molecule has 0 saturated carbocycles. The van der Waals surface area contributed by atoms with Gasteiger partial charge in [-0.05, 0) is 65.8 Å². The van der Waals surface area contributed by atoms with Gasteiger partial charge in [0.2, 0.25) is 0 Å². The summed E-state index contributed by atoms with van der Waals surface area (Å²) in [4.78, 5) is 0. The van der Waals surface area contributed by atoms with Gasteiger partial charge in [-0.3, -0.25) is 0 Å². The lowest BCUT2D eigenvalue weighted by Crippen LogP contribution is -2.22. The van der Waals surface area contributed by atoms with Crippen molar-refractivity contribution in [3.63, 3.8) is 0 Å². The monoisotopic (exact) mass is 388 g/mol. The fourth-order valence-corrected chi connectivity index (χ4v) is 1.87. The number of phenolic OH excluding ortho intramolecular Hbond substituents is 1. The van der Waals surface area contributed by atoms with Crippen LogP contribution in [0.4, 0.5) is 0 Å². The molecule has 1 rings (SSSR count). The summed E-state index contributed by atoms with van der Waals surface area (Å²) in [5, 5.41) is 32.5. The Hall–Kier alpha value is -3.02. The first-order valence-electron chi connectivity index (χ1n) is 8.69. The van der Waals surface area contributed by atoms with Crippen LogP contribution in [-0.4, -0.2) is 33.8 Å². The number of aliphatic hydroxyl groups is 1. The smallest absolute Gasteiger partial charge is 0.124 e. The fraction of sp³-hybridized carbons (Fsp3) is 0.364. The lowest BCUT2D eigenvalue weighted by molar-refractivity contribution is 0.0607. The second kappa shape index (κ2) is 10.3. The third-order valence-corrected chi connectivity index (χ3v) is 2.82. The third kappa shape index (κ3) is 10.9. The van der Waals surface area contributed by atoms with E-state index in [4.69, 9.17) is 25.4 Å². The van der Waals surface area contributed by atoms with E-state index in [1.165, 1.54) is 12.1 Å². The van der Waals surface area contributed by atoms with E-state index in [0.717, 1.165) is 12.4 Å². The first kappa shape index (κ1) is 25.0. The number of hydrogen-bond donors (Lipinski definition) is 4. The average molecular weight is 389 g/mol. The maximum absolute atomic E-state index is 9.33. The highest BCUT2D eigenvalue weighted by Gasteiger charge is 2.13. The number of hydrogen-bond acceptors (Lipinski definition) is 6. The molecule has 0 atom stereocenters. The molecule has 0 amide bonds. The van der Waals surface area contributed by atoms with Gasteiger partial charge in [-0.15, -0.1) is 0 Å². The third-order valence-electron chi connectivity index (χ3n) is 2.82. The van der Waals surface area contributed by atoms with Gasteiger partial charge in [-0.25, -0.2) is 0 Å². The number of aromatic hydroxyl groups is 1. The molecule has 0 radical (unpaired) electrons. The largest absolute Gasteiger partial charge is 0.508 e. The molecule has 0 aliphatic rings. The highest BCUT2D eigenvalue weighted by Crippen LogP contribution is 2.24. The van der Waals surface area contributed by atoms with Crippen LogP contribution in [-0.2, 0) is 4.74 Å². The molecular weight excluding hydrogens is 356 g/mol. The van der Waals surface area contributed by atoms with Crippen LogP contribution in [0.3, 0.4) is 0 Å². The normalized spacial score (nSPS) is 11.6. The number of rotatable bonds is 6. The molecule has 1 aromatic rings. The molecule has 1 aromatic carbocycles. The van der Waals surface area contributed by atoms with E-state index in [9.17, 15) is 5.11 Å². The lowest BCUT2D eigenvalue weighted by Gasteiger charge is -2.21. The van der Waals surface area contributed by atoms with E-state index in [0.29, 0.717) is 22.6 Å². The molecule has 154 valence electrons. The van der Waals surface area contributed by atoms with Gasteiger partial charge >= 0.3 is 0 Å². The SMILES string of the molecule is C=C(/C=C(/C=N)C(=C)O)OC(C)(C)C.CC(C)(C)Oc1ccc(O)c(C=N)c1. The van der Waals surface area contributed by atoms with E-state index < -0.39 is 0 Å². The number of nitrogens with one attached hydrogen (secondary N) is 2. The van der Waals surface area contributed by atoms with E-state index >= 15 is 0 Å². The van der Waals surface area contributed by atoms with Gasteiger partial charge < -0.3 is 30.5 Å². The second-order valence-corrected chi connectivity index (χ2v) is 7.95. The zero-order valence-corrected chi connectivity index (χ0v) is 17.6. The summed E-state index contributed by atoms with van der Waals surface area (Å²) in [5.74, 6) is 0.986. The molecule has 6 nitrogen and oxygen atoms in total. The van der Waals surface area contributed by atoms with Crippen LogP contribution in [0.1, 0.15) is 47.1 Å². The predicted molar refractivity (Wildman–Crippen MR) is 115 cm³/mol. The molecule has 4 N–H and O–H groups in total. The molecule has 28 heavy (non-hydrogen) atoms. The molecule has 0 bridgehead atoms. The van der Waals surface area contributed by atoms with Crippen LogP contribution < -0.4 is 4.74 Å². The summed E-state index contributed by atoms with van der Waals surface area (Å²) < 4.78 is 11.0. The molecule has 0 unspecified atom stereocenters. The van der Waals surface area contributed by atoms with Gasteiger partial charge in [-0.1, -0.05) is 13.2 Å². The van der Waals surface area contributed by atoms with Crippen molar-refractivity contribution in [1.29, 1.82) is 10.8 Å². The molecule has 0 aliphatic heterocycles. The number of allylic oxidation sites excluding steroid dienone is 2. The quantitative estimate of drug-likeness (QED) is 0.292. The topological polar surface area (TPSA) is 107 Å². The zero-order valence-electron chi connectivity index (χ0n) is 17.6.